The molecule has 1 fully saturated rings. The molecule has 0 aliphatic carbocycles. The van der Waals surface area contributed by atoms with Crippen molar-refractivity contribution in [2.75, 3.05) is 20.8 Å². The summed E-state index contributed by atoms with van der Waals surface area (Å²) in [6.45, 7) is 3.30. The molecular formula is C24H25N3O5. The molecule has 32 heavy (non-hydrogen) atoms. The molecule has 2 N–H and O–H groups in total. The van der Waals surface area contributed by atoms with Crippen LogP contribution < -0.4 is 14.8 Å². The second kappa shape index (κ2) is 8.03. The summed E-state index contributed by atoms with van der Waals surface area (Å²) in [4.78, 5) is 43.1. The molecule has 1 saturated heterocycles. The molecule has 2 heterocycles. The Hall–Kier alpha value is -3.81. The maximum atomic E-state index is 13.3. The van der Waals surface area contributed by atoms with E-state index in [1.807, 2.05) is 25.1 Å². The number of hydrogen-bond acceptors (Lipinski definition) is 5. The number of imide groups is 1. The van der Waals surface area contributed by atoms with Crippen LogP contribution in [0, 0.1) is 0 Å². The third kappa shape index (κ3) is 3.28. The molecule has 1 aromatic heterocycles. The lowest BCUT2D eigenvalue weighted by atomic mass is 9.91. The number of para-hydroxylation sites is 1. The van der Waals surface area contributed by atoms with Crippen molar-refractivity contribution in [2.45, 2.75) is 25.8 Å². The van der Waals surface area contributed by atoms with Crippen molar-refractivity contribution in [3.63, 3.8) is 0 Å². The first-order chi connectivity index (χ1) is 15.3. The topological polar surface area (TPSA) is 101 Å². The SMILES string of the molecule is CCc1cccc2c(C(=O)CN3C(=O)NC(C)(c4ccc(OC)c(OC)c4)C3=O)c[nH]c12. The van der Waals surface area contributed by atoms with Crippen LogP contribution in [0.1, 0.15) is 35.3 Å². The highest BCUT2D eigenvalue weighted by Gasteiger charge is 2.49. The third-order valence-electron chi connectivity index (χ3n) is 6.02. The van der Waals surface area contributed by atoms with Gasteiger partial charge < -0.3 is 19.8 Å². The molecule has 2 aromatic carbocycles. The number of rotatable bonds is 7. The van der Waals surface area contributed by atoms with Crippen molar-refractivity contribution in [3.05, 3.63) is 59.3 Å². The highest BCUT2D eigenvalue weighted by Crippen LogP contribution is 2.35. The summed E-state index contributed by atoms with van der Waals surface area (Å²) in [6.07, 6.45) is 2.46. The molecule has 4 rings (SSSR count). The molecule has 8 nitrogen and oxygen atoms in total. The van der Waals surface area contributed by atoms with Gasteiger partial charge in [0.15, 0.2) is 17.3 Å². The number of aromatic nitrogens is 1. The first-order valence-corrected chi connectivity index (χ1v) is 10.3. The van der Waals surface area contributed by atoms with Gasteiger partial charge in [-0.05, 0) is 36.6 Å². The van der Waals surface area contributed by atoms with Gasteiger partial charge >= 0.3 is 6.03 Å². The van der Waals surface area contributed by atoms with Crippen LogP contribution in [-0.4, -0.2) is 48.4 Å². The first kappa shape index (κ1) is 21.4. The van der Waals surface area contributed by atoms with Gasteiger partial charge in [0.25, 0.3) is 5.91 Å². The molecule has 0 saturated carbocycles. The number of urea groups is 1. The molecule has 1 atom stereocenters. The van der Waals surface area contributed by atoms with Crippen LogP contribution in [0.15, 0.2) is 42.6 Å². The Morgan fingerprint density at radius 1 is 1.09 bits per heavy atom. The number of Topliss-reactive ketones (excluding diaryl/α,β-unsaturated/α-hetero) is 1. The molecule has 8 heteroatoms. The number of carbonyl (C=O) groups excluding carboxylic acids is 3. The van der Waals surface area contributed by atoms with E-state index in [2.05, 4.69) is 10.3 Å². The van der Waals surface area contributed by atoms with Crippen molar-refractivity contribution >= 4 is 28.6 Å². The molecule has 1 unspecified atom stereocenters. The quantitative estimate of drug-likeness (QED) is 0.438. The number of ether oxygens (including phenoxy) is 2. The smallest absolute Gasteiger partial charge is 0.325 e. The maximum Gasteiger partial charge on any atom is 0.325 e. The van der Waals surface area contributed by atoms with E-state index >= 15 is 0 Å². The minimum atomic E-state index is -1.33. The average Bonchev–Trinajstić information content (AvgIpc) is 3.33. The van der Waals surface area contributed by atoms with Gasteiger partial charge in [-0.3, -0.25) is 14.5 Å². The number of nitrogens with one attached hydrogen (secondary N) is 2. The van der Waals surface area contributed by atoms with Crippen molar-refractivity contribution < 1.29 is 23.9 Å². The number of hydrogen-bond donors (Lipinski definition) is 2. The van der Waals surface area contributed by atoms with E-state index in [9.17, 15) is 14.4 Å². The lowest BCUT2D eigenvalue weighted by Crippen LogP contribution is -2.41. The van der Waals surface area contributed by atoms with Crippen molar-refractivity contribution in [1.82, 2.24) is 15.2 Å². The molecule has 0 radical (unpaired) electrons. The fraction of sp³-hybridized carbons (Fsp3) is 0.292. The third-order valence-corrected chi connectivity index (χ3v) is 6.02. The molecular weight excluding hydrogens is 410 g/mol. The summed E-state index contributed by atoms with van der Waals surface area (Å²) in [6, 6.07) is 10.1. The van der Waals surface area contributed by atoms with Gasteiger partial charge in [0.2, 0.25) is 0 Å². The molecule has 166 valence electrons. The molecule has 0 spiro atoms. The Balaban J connectivity index is 1.62. The van der Waals surface area contributed by atoms with Crippen LogP contribution in [0.4, 0.5) is 4.79 Å². The minimum absolute atomic E-state index is 0.315. The summed E-state index contributed by atoms with van der Waals surface area (Å²) < 4.78 is 10.6. The Labute approximate surface area is 185 Å². The Kier molecular flexibility index (Phi) is 5.38. The van der Waals surface area contributed by atoms with E-state index in [1.165, 1.54) is 14.2 Å². The molecule has 3 amide bonds. The maximum absolute atomic E-state index is 13.3. The summed E-state index contributed by atoms with van der Waals surface area (Å²) >= 11 is 0. The van der Waals surface area contributed by atoms with Gasteiger partial charge in [-0.1, -0.05) is 31.2 Å². The Morgan fingerprint density at radius 3 is 2.53 bits per heavy atom. The van der Waals surface area contributed by atoms with E-state index < -0.39 is 17.5 Å². The van der Waals surface area contributed by atoms with Crippen LogP contribution in [0.25, 0.3) is 10.9 Å². The van der Waals surface area contributed by atoms with Crippen LogP contribution in [-0.2, 0) is 16.8 Å². The van der Waals surface area contributed by atoms with Gasteiger partial charge in [-0.15, -0.1) is 0 Å². The highest BCUT2D eigenvalue weighted by molar-refractivity contribution is 6.14. The largest absolute Gasteiger partial charge is 0.493 e. The Morgan fingerprint density at radius 2 is 1.84 bits per heavy atom. The number of nitrogens with zero attached hydrogens (tertiary/aromatic N) is 1. The van der Waals surface area contributed by atoms with Crippen molar-refractivity contribution in [1.29, 1.82) is 0 Å². The number of ketones is 1. The van der Waals surface area contributed by atoms with Crippen LogP contribution in [0.5, 0.6) is 11.5 Å². The van der Waals surface area contributed by atoms with E-state index in [1.54, 1.807) is 31.3 Å². The fourth-order valence-electron chi connectivity index (χ4n) is 4.15. The molecule has 1 aliphatic heterocycles. The summed E-state index contributed by atoms with van der Waals surface area (Å²) in [5.74, 6) is 0.129. The number of fused-ring (bicyclic) bond motifs is 1. The van der Waals surface area contributed by atoms with Gasteiger partial charge in [0.1, 0.15) is 5.54 Å². The molecule has 3 aromatic rings. The van der Waals surface area contributed by atoms with E-state index in [0.29, 0.717) is 22.6 Å². The summed E-state index contributed by atoms with van der Waals surface area (Å²) in [5, 5.41) is 3.50. The van der Waals surface area contributed by atoms with E-state index in [0.717, 1.165) is 27.8 Å². The fourth-order valence-corrected chi connectivity index (χ4v) is 4.15. The number of H-pyrrole nitrogens is 1. The second-order valence-electron chi connectivity index (χ2n) is 7.83. The number of amides is 3. The van der Waals surface area contributed by atoms with Crippen LogP contribution >= 0.6 is 0 Å². The highest BCUT2D eigenvalue weighted by atomic mass is 16.5. The second-order valence-corrected chi connectivity index (χ2v) is 7.83. The van der Waals surface area contributed by atoms with Crippen LogP contribution in [0.2, 0.25) is 0 Å². The Bertz CT molecular complexity index is 1230. The van der Waals surface area contributed by atoms with E-state index in [-0.39, 0.29) is 12.3 Å². The summed E-state index contributed by atoms with van der Waals surface area (Å²) in [5.41, 5.74) is 1.65. The van der Waals surface area contributed by atoms with Gasteiger partial charge in [-0.2, -0.15) is 0 Å². The predicted octanol–water partition coefficient (Wildman–Crippen LogP) is 3.40. The monoisotopic (exact) mass is 435 g/mol. The first-order valence-electron chi connectivity index (χ1n) is 10.3. The lowest BCUT2D eigenvalue weighted by Gasteiger charge is -2.23. The predicted molar refractivity (Wildman–Crippen MR) is 119 cm³/mol. The number of carbonyl (C=O) groups is 3. The normalized spacial score (nSPS) is 18.2. The standard InChI is InChI=1S/C24H25N3O5/c1-5-14-7-6-8-16-17(12-25-21(14)16)18(28)13-27-22(29)24(2,26-23(27)30)15-9-10-19(31-3)20(11-15)32-4/h6-12,25H,5,13H2,1-4H3,(H,26,30). The zero-order valence-corrected chi connectivity index (χ0v) is 18.4. The molecule has 0 bridgehead atoms. The van der Waals surface area contributed by atoms with Gasteiger partial charge in [-0.25, -0.2) is 4.79 Å². The van der Waals surface area contributed by atoms with Crippen LogP contribution in [0.3, 0.4) is 0 Å². The van der Waals surface area contributed by atoms with Gasteiger partial charge in [0, 0.05) is 22.7 Å². The van der Waals surface area contributed by atoms with Crippen molar-refractivity contribution in [2.24, 2.45) is 0 Å². The zero-order chi connectivity index (χ0) is 23.0. The zero-order valence-electron chi connectivity index (χ0n) is 18.4. The minimum Gasteiger partial charge on any atom is -0.493 e. The lowest BCUT2D eigenvalue weighted by molar-refractivity contribution is -0.130. The van der Waals surface area contributed by atoms with E-state index in [4.69, 9.17) is 9.47 Å². The average molecular weight is 435 g/mol. The van der Waals surface area contributed by atoms with Gasteiger partial charge in [0.05, 0.1) is 20.8 Å². The number of aryl methyl sites for hydroxylation is 1. The summed E-state index contributed by atoms with van der Waals surface area (Å²) in [7, 11) is 3.01. The van der Waals surface area contributed by atoms with Crippen molar-refractivity contribution in [3.8, 4) is 11.5 Å². The molecule has 1 aliphatic rings. The number of methoxy groups -OCH3 is 2. The number of aromatic amines is 1. The number of benzene rings is 2.